The largest absolute Gasteiger partial charge is 0.292 e. The third-order valence-corrected chi connectivity index (χ3v) is 4.69. The second kappa shape index (κ2) is 4.63. The van der Waals surface area contributed by atoms with Crippen LogP contribution in [0.2, 0.25) is 0 Å². The second-order valence-electron chi connectivity index (χ2n) is 4.68. The number of nitrogens with zero attached hydrogens (tertiary/aromatic N) is 1. The Morgan fingerprint density at radius 2 is 2.00 bits per heavy atom. The third kappa shape index (κ3) is 2.15. The summed E-state index contributed by atoms with van der Waals surface area (Å²) in [7, 11) is 0. The van der Waals surface area contributed by atoms with E-state index in [9.17, 15) is 0 Å². The minimum atomic E-state index is 0.518. The van der Waals surface area contributed by atoms with E-state index in [1.807, 2.05) is 11.3 Å². The zero-order valence-corrected chi connectivity index (χ0v) is 10.9. The maximum Gasteiger partial charge on any atom is 0.0323 e. The molecule has 2 aromatic rings. The summed E-state index contributed by atoms with van der Waals surface area (Å²) in [5.41, 5.74) is 2.95. The molecule has 2 heteroatoms. The van der Waals surface area contributed by atoms with E-state index in [4.69, 9.17) is 0 Å². The molecule has 2 heterocycles. The first-order chi connectivity index (χ1) is 8.34. The standard InChI is InChI=1S/C15H17NS/c1-12(13-5-3-2-4-6-13)16-9-7-15-14(11-16)8-10-17-15/h2-6,8,10,12H,7,9,11H2,1H3/t12-/m0/s1. The van der Waals surface area contributed by atoms with E-state index >= 15 is 0 Å². The number of hydrogen-bond acceptors (Lipinski definition) is 2. The van der Waals surface area contributed by atoms with E-state index in [1.54, 1.807) is 4.88 Å². The molecule has 1 aromatic carbocycles. The van der Waals surface area contributed by atoms with Gasteiger partial charge >= 0.3 is 0 Å². The van der Waals surface area contributed by atoms with Crippen molar-refractivity contribution in [3.05, 3.63) is 57.8 Å². The highest BCUT2D eigenvalue weighted by atomic mass is 32.1. The molecule has 0 fully saturated rings. The molecule has 1 nitrogen and oxygen atoms in total. The van der Waals surface area contributed by atoms with Gasteiger partial charge in [-0.15, -0.1) is 11.3 Å². The van der Waals surface area contributed by atoms with E-state index in [-0.39, 0.29) is 0 Å². The van der Waals surface area contributed by atoms with Gasteiger partial charge in [0.1, 0.15) is 0 Å². The monoisotopic (exact) mass is 243 g/mol. The van der Waals surface area contributed by atoms with Crippen LogP contribution in [0.3, 0.4) is 0 Å². The minimum Gasteiger partial charge on any atom is -0.292 e. The Morgan fingerprint density at radius 1 is 1.18 bits per heavy atom. The fraction of sp³-hybridized carbons (Fsp3) is 0.333. The van der Waals surface area contributed by atoms with Gasteiger partial charge in [0.2, 0.25) is 0 Å². The van der Waals surface area contributed by atoms with Gasteiger partial charge < -0.3 is 0 Å². The Morgan fingerprint density at radius 3 is 2.82 bits per heavy atom. The van der Waals surface area contributed by atoms with Gasteiger partial charge in [0.25, 0.3) is 0 Å². The number of fused-ring (bicyclic) bond motifs is 1. The molecule has 0 N–H and O–H groups in total. The summed E-state index contributed by atoms with van der Waals surface area (Å²) >= 11 is 1.91. The average molecular weight is 243 g/mol. The predicted octanol–water partition coefficient (Wildman–Crippen LogP) is 3.87. The highest BCUT2D eigenvalue weighted by molar-refractivity contribution is 7.10. The summed E-state index contributed by atoms with van der Waals surface area (Å²) in [6, 6.07) is 13.6. The van der Waals surface area contributed by atoms with E-state index in [1.165, 1.54) is 24.1 Å². The van der Waals surface area contributed by atoms with Crippen LogP contribution in [0.5, 0.6) is 0 Å². The lowest BCUT2D eigenvalue weighted by Gasteiger charge is -2.32. The maximum atomic E-state index is 2.57. The molecule has 3 rings (SSSR count). The molecule has 0 saturated carbocycles. The highest BCUT2D eigenvalue weighted by Crippen LogP contribution is 2.29. The van der Waals surface area contributed by atoms with Crippen LogP contribution in [0.15, 0.2) is 41.8 Å². The van der Waals surface area contributed by atoms with E-state index < -0.39 is 0 Å². The summed E-state index contributed by atoms with van der Waals surface area (Å²) in [6.07, 6.45) is 1.21. The predicted molar refractivity (Wildman–Crippen MR) is 73.3 cm³/mol. The zero-order valence-electron chi connectivity index (χ0n) is 10.1. The molecular weight excluding hydrogens is 226 g/mol. The summed E-state index contributed by atoms with van der Waals surface area (Å²) < 4.78 is 0. The normalized spacial score (nSPS) is 17.7. The summed E-state index contributed by atoms with van der Waals surface area (Å²) in [5, 5.41) is 2.22. The molecule has 1 atom stereocenters. The summed E-state index contributed by atoms with van der Waals surface area (Å²) in [6.45, 7) is 4.60. The van der Waals surface area contributed by atoms with E-state index in [2.05, 4.69) is 53.6 Å². The van der Waals surface area contributed by atoms with Crippen LogP contribution in [0.25, 0.3) is 0 Å². The number of hydrogen-bond donors (Lipinski definition) is 0. The van der Waals surface area contributed by atoms with Gasteiger partial charge in [-0.05, 0) is 35.9 Å². The van der Waals surface area contributed by atoms with Crippen molar-refractivity contribution in [2.24, 2.45) is 0 Å². The van der Waals surface area contributed by atoms with Crippen LogP contribution in [0.4, 0.5) is 0 Å². The number of thiophene rings is 1. The molecule has 0 bridgehead atoms. The minimum absolute atomic E-state index is 0.518. The lowest BCUT2D eigenvalue weighted by Crippen LogP contribution is -2.32. The molecule has 0 saturated heterocycles. The van der Waals surface area contributed by atoms with Crippen LogP contribution in [0, 0.1) is 0 Å². The van der Waals surface area contributed by atoms with Crippen molar-refractivity contribution < 1.29 is 0 Å². The fourth-order valence-corrected chi connectivity index (χ4v) is 3.43. The first-order valence-corrected chi connectivity index (χ1v) is 7.07. The molecule has 0 spiro atoms. The number of rotatable bonds is 2. The van der Waals surface area contributed by atoms with Crippen LogP contribution in [-0.4, -0.2) is 11.4 Å². The van der Waals surface area contributed by atoms with Gasteiger partial charge in [0, 0.05) is 24.0 Å². The number of benzene rings is 1. The van der Waals surface area contributed by atoms with Crippen LogP contribution in [-0.2, 0) is 13.0 Å². The smallest absolute Gasteiger partial charge is 0.0323 e. The van der Waals surface area contributed by atoms with Crippen LogP contribution < -0.4 is 0 Å². The molecule has 0 amide bonds. The van der Waals surface area contributed by atoms with Gasteiger partial charge in [0.15, 0.2) is 0 Å². The lowest BCUT2D eigenvalue weighted by molar-refractivity contribution is 0.193. The molecular formula is C15H17NS. The Bertz CT molecular complexity index is 489. The van der Waals surface area contributed by atoms with E-state index in [0.717, 1.165) is 6.54 Å². The Balaban J connectivity index is 1.79. The lowest BCUT2D eigenvalue weighted by atomic mass is 10.0. The van der Waals surface area contributed by atoms with Crippen molar-refractivity contribution in [2.45, 2.75) is 25.9 Å². The van der Waals surface area contributed by atoms with Crippen molar-refractivity contribution in [3.63, 3.8) is 0 Å². The SMILES string of the molecule is C[C@@H](c1ccccc1)N1CCc2sccc2C1. The molecule has 0 radical (unpaired) electrons. The molecule has 1 aromatic heterocycles. The first kappa shape index (κ1) is 11.0. The van der Waals surface area contributed by atoms with Gasteiger partial charge in [-0.1, -0.05) is 30.3 Å². The van der Waals surface area contributed by atoms with Gasteiger partial charge in [-0.25, -0.2) is 0 Å². The van der Waals surface area contributed by atoms with Crippen molar-refractivity contribution in [1.29, 1.82) is 0 Å². The summed E-state index contributed by atoms with van der Waals surface area (Å²) in [4.78, 5) is 4.16. The molecule has 17 heavy (non-hydrogen) atoms. The van der Waals surface area contributed by atoms with E-state index in [0.29, 0.717) is 6.04 Å². The Kier molecular flexibility index (Phi) is 3.00. The van der Waals surface area contributed by atoms with Crippen molar-refractivity contribution in [2.75, 3.05) is 6.54 Å². The first-order valence-electron chi connectivity index (χ1n) is 6.19. The van der Waals surface area contributed by atoms with Crippen LogP contribution >= 0.6 is 11.3 Å². The van der Waals surface area contributed by atoms with Crippen molar-refractivity contribution in [3.8, 4) is 0 Å². The quantitative estimate of drug-likeness (QED) is 0.774. The molecule has 88 valence electrons. The average Bonchev–Trinajstić information content (AvgIpc) is 2.86. The molecule has 0 unspecified atom stereocenters. The van der Waals surface area contributed by atoms with Crippen LogP contribution in [0.1, 0.15) is 29.0 Å². The molecule has 1 aliphatic heterocycles. The van der Waals surface area contributed by atoms with Gasteiger partial charge in [-0.3, -0.25) is 4.90 Å². The van der Waals surface area contributed by atoms with Gasteiger partial charge in [-0.2, -0.15) is 0 Å². The fourth-order valence-electron chi connectivity index (χ4n) is 2.54. The Hall–Kier alpha value is -1.12. The topological polar surface area (TPSA) is 3.24 Å². The van der Waals surface area contributed by atoms with Crippen molar-refractivity contribution >= 4 is 11.3 Å². The zero-order chi connectivity index (χ0) is 11.7. The Labute approximate surface area is 107 Å². The van der Waals surface area contributed by atoms with Crippen molar-refractivity contribution in [1.82, 2.24) is 4.90 Å². The molecule has 1 aliphatic rings. The summed E-state index contributed by atoms with van der Waals surface area (Å²) in [5.74, 6) is 0. The maximum absolute atomic E-state index is 2.57. The van der Waals surface area contributed by atoms with Gasteiger partial charge in [0.05, 0.1) is 0 Å². The third-order valence-electron chi connectivity index (χ3n) is 3.67. The molecule has 0 aliphatic carbocycles. The second-order valence-corrected chi connectivity index (χ2v) is 5.68. The highest BCUT2D eigenvalue weighted by Gasteiger charge is 2.21.